The smallest absolute Gasteiger partial charge is 0.337 e. The van der Waals surface area contributed by atoms with E-state index in [-0.39, 0.29) is 17.8 Å². The van der Waals surface area contributed by atoms with Crippen molar-refractivity contribution < 1.29 is 14.3 Å². The number of imidazole rings is 1. The van der Waals surface area contributed by atoms with E-state index in [1.807, 2.05) is 37.3 Å². The van der Waals surface area contributed by atoms with E-state index in [1.54, 1.807) is 23.2 Å². The van der Waals surface area contributed by atoms with Crippen LogP contribution in [0.15, 0.2) is 71.9 Å². The van der Waals surface area contributed by atoms with Crippen LogP contribution in [0, 0.1) is 5.82 Å². The number of pyridine rings is 1. The van der Waals surface area contributed by atoms with Gasteiger partial charge in [-0.2, -0.15) is 5.21 Å². The van der Waals surface area contributed by atoms with Crippen molar-refractivity contribution in [2.24, 2.45) is 0 Å². The summed E-state index contributed by atoms with van der Waals surface area (Å²) in [6, 6.07) is 13.3. The Labute approximate surface area is 216 Å². The van der Waals surface area contributed by atoms with Crippen molar-refractivity contribution in [1.29, 1.82) is 0 Å². The zero-order chi connectivity index (χ0) is 26.6. The second-order valence-corrected chi connectivity index (χ2v) is 8.76. The highest BCUT2D eigenvalue weighted by Crippen LogP contribution is 2.29. The number of unbranched alkanes of at least 4 members (excludes halogenated alkanes) is 1. The third kappa shape index (κ3) is 4.73. The largest absolute Gasteiger partial charge is 0.478 e. The molecule has 0 spiro atoms. The average molecular weight is 514 g/mol. The van der Waals surface area contributed by atoms with E-state index < -0.39 is 17.5 Å². The van der Waals surface area contributed by atoms with Crippen LogP contribution in [0.5, 0.6) is 0 Å². The molecule has 0 amide bonds. The fourth-order valence-corrected chi connectivity index (χ4v) is 4.42. The van der Waals surface area contributed by atoms with Crippen molar-refractivity contribution in [3.05, 3.63) is 100 Å². The van der Waals surface area contributed by atoms with Crippen LogP contribution in [0.2, 0.25) is 0 Å². The van der Waals surface area contributed by atoms with Crippen LogP contribution in [0.25, 0.3) is 28.2 Å². The standard InChI is InChI=1S/C27H24FN7O3/c1-2-3-5-19-16-35(24-21(26(36)37)6-4-7-23(24)28)27(38)34(19)15-17-8-10-18(11-9-17)20-12-13-29-14-22(20)25-30-32-33-31-25/h4,6-14,16H,2-3,5,15H2,1H3,(H,36,37)(H,30,31,32,33). The molecular weight excluding hydrogens is 489 g/mol. The number of carboxylic acids is 1. The number of tetrazole rings is 1. The summed E-state index contributed by atoms with van der Waals surface area (Å²) in [7, 11) is 0. The summed E-state index contributed by atoms with van der Waals surface area (Å²) in [6.45, 7) is 2.29. The zero-order valence-electron chi connectivity index (χ0n) is 20.5. The molecule has 0 bridgehead atoms. The van der Waals surface area contributed by atoms with Crippen LogP contribution < -0.4 is 5.69 Å². The molecule has 0 unspecified atom stereocenters. The molecule has 11 heteroatoms. The van der Waals surface area contributed by atoms with Gasteiger partial charge in [-0.05, 0) is 52.9 Å². The van der Waals surface area contributed by atoms with Gasteiger partial charge in [-0.15, -0.1) is 10.2 Å². The quantitative estimate of drug-likeness (QED) is 0.303. The first kappa shape index (κ1) is 24.8. The first-order valence-electron chi connectivity index (χ1n) is 12.1. The number of hydrogen-bond acceptors (Lipinski definition) is 6. The molecule has 0 saturated heterocycles. The van der Waals surface area contributed by atoms with Gasteiger partial charge in [0, 0.05) is 29.8 Å². The lowest BCUT2D eigenvalue weighted by Crippen LogP contribution is -2.26. The highest BCUT2D eigenvalue weighted by atomic mass is 19.1. The molecule has 5 aromatic rings. The van der Waals surface area contributed by atoms with Crippen LogP contribution in [0.4, 0.5) is 4.39 Å². The maximum Gasteiger partial charge on any atom is 0.337 e. The van der Waals surface area contributed by atoms with Gasteiger partial charge < -0.3 is 5.11 Å². The maximum absolute atomic E-state index is 14.8. The monoisotopic (exact) mass is 513 g/mol. The molecule has 38 heavy (non-hydrogen) atoms. The maximum atomic E-state index is 14.8. The second kappa shape index (κ2) is 10.6. The van der Waals surface area contributed by atoms with E-state index in [1.165, 1.54) is 12.1 Å². The minimum absolute atomic E-state index is 0.246. The van der Waals surface area contributed by atoms with Crippen molar-refractivity contribution in [2.75, 3.05) is 0 Å². The fraction of sp³-hybridized carbons (Fsp3) is 0.185. The predicted octanol–water partition coefficient (Wildman–Crippen LogP) is 4.11. The molecule has 2 aromatic carbocycles. The summed E-state index contributed by atoms with van der Waals surface area (Å²) in [5.41, 5.74) is 3.03. The molecule has 3 aromatic heterocycles. The summed E-state index contributed by atoms with van der Waals surface area (Å²) in [6.07, 6.45) is 7.23. The number of carboxylic acid groups (broad SMARTS) is 1. The average Bonchev–Trinajstić information content (AvgIpc) is 3.57. The van der Waals surface area contributed by atoms with Gasteiger partial charge in [0.2, 0.25) is 5.82 Å². The Balaban J connectivity index is 1.51. The SMILES string of the molecule is CCCCc1cn(-c2c(F)cccc2C(=O)O)c(=O)n1Cc1ccc(-c2ccncc2-c2nn[nH]n2)cc1. The fourth-order valence-electron chi connectivity index (χ4n) is 4.42. The normalized spacial score (nSPS) is 11.1. The van der Waals surface area contributed by atoms with Gasteiger partial charge in [0.25, 0.3) is 0 Å². The van der Waals surface area contributed by atoms with Crippen molar-refractivity contribution in [1.82, 2.24) is 34.7 Å². The minimum atomic E-state index is -1.30. The number of aromatic amines is 1. The van der Waals surface area contributed by atoms with E-state index in [2.05, 4.69) is 25.6 Å². The van der Waals surface area contributed by atoms with E-state index in [4.69, 9.17) is 0 Å². The number of nitrogens with zero attached hydrogens (tertiary/aromatic N) is 6. The molecule has 10 nitrogen and oxygen atoms in total. The number of carbonyl (C=O) groups is 1. The number of hydrogen-bond donors (Lipinski definition) is 2. The van der Waals surface area contributed by atoms with Crippen molar-refractivity contribution >= 4 is 5.97 Å². The van der Waals surface area contributed by atoms with Crippen LogP contribution in [0.3, 0.4) is 0 Å². The first-order chi connectivity index (χ1) is 18.5. The number of halogens is 1. The Morgan fingerprint density at radius 2 is 1.92 bits per heavy atom. The molecule has 0 saturated carbocycles. The van der Waals surface area contributed by atoms with E-state index in [0.29, 0.717) is 17.9 Å². The van der Waals surface area contributed by atoms with Crippen LogP contribution in [-0.4, -0.2) is 45.8 Å². The summed E-state index contributed by atoms with van der Waals surface area (Å²) in [5, 5.41) is 23.8. The first-order valence-corrected chi connectivity index (χ1v) is 12.1. The van der Waals surface area contributed by atoms with Gasteiger partial charge in [-0.3, -0.25) is 14.1 Å². The summed E-state index contributed by atoms with van der Waals surface area (Å²) in [5.74, 6) is -1.65. The number of para-hydroxylation sites is 1. The number of rotatable bonds is 9. The molecule has 0 fully saturated rings. The minimum Gasteiger partial charge on any atom is -0.478 e. The van der Waals surface area contributed by atoms with E-state index in [9.17, 15) is 19.1 Å². The third-order valence-corrected chi connectivity index (χ3v) is 6.32. The van der Waals surface area contributed by atoms with Gasteiger partial charge >= 0.3 is 11.7 Å². The Kier molecular flexibility index (Phi) is 6.90. The van der Waals surface area contributed by atoms with E-state index >= 15 is 0 Å². The lowest BCUT2D eigenvalue weighted by molar-refractivity contribution is 0.0696. The summed E-state index contributed by atoms with van der Waals surface area (Å²) in [4.78, 5) is 29.4. The van der Waals surface area contributed by atoms with E-state index in [0.717, 1.165) is 45.7 Å². The Morgan fingerprint density at radius 1 is 1.11 bits per heavy atom. The number of aryl methyl sites for hydroxylation is 1. The Bertz CT molecular complexity index is 1640. The molecule has 0 aliphatic carbocycles. The summed E-state index contributed by atoms with van der Waals surface area (Å²) >= 11 is 0. The van der Waals surface area contributed by atoms with Gasteiger partial charge in [0.05, 0.1) is 12.1 Å². The number of benzene rings is 2. The highest BCUT2D eigenvalue weighted by molar-refractivity contribution is 5.92. The lowest BCUT2D eigenvalue weighted by atomic mass is 10.00. The van der Waals surface area contributed by atoms with Gasteiger partial charge in [-0.25, -0.2) is 14.0 Å². The zero-order valence-corrected chi connectivity index (χ0v) is 20.5. The molecule has 2 N–H and O–H groups in total. The van der Waals surface area contributed by atoms with Crippen LogP contribution in [-0.2, 0) is 13.0 Å². The third-order valence-electron chi connectivity index (χ3n) is 6.32. The van der Waals surface area contributed by atoms with Crippen molar-refractivity contribution in [2.45, 2.75) is 32.7 Å². The Morgan fingerprint density at radius 3 is 2.63 bits per heavy atom. The topological polar surface area (TPSA) is 132 Å². The van der Waals surface area contributed by atoms with Crippen LogP contribution in [0.1, 0.15) is 41.4 Å². The molecule has 192 valence electrons. The number of aromatic carboxylic acids is 1. The molecule has 0 radical (unpaired) electrons. The molecule has 0 atom stereocenters. The molecular formula is C27H24FN7O3. The lowest BCUT2D eigenvalue weighted by Gasteiger charge is -2.10. The number of H-pyrrole nitrogens is 1. The van der Waals surface area contributed by atoms with Crippen molar-refractivity contribution in [3.8, 4) is 28.2 Å². The van der Waals surface area contributed by atoms with Gasteiger partial charge in [0.1, 0.15) is 11.5 Å². The Hall–Kier alpha value is -4.93. The van der Waals surface area contributed by atoms with Crippen LogP contribution >= 0.6 is 0 Å². The summed E-state index contributed by atoms with van der Waals surface area (Å²) < 4.78 is 17.5. The van der Waals surface area contributed by atoms with Gasteiger partial charge in [0.15, 0.2) is 0 Å². The number of aromatic nitrogens is 7. The van der Waals surface area contributed by atoms with Crippen molar-refractivity contribution in [3.63, 3.8) is 0 Å². The second-order valence-electron chi connectivity index (χ2n) is 8.76. The molecule has 0 aliphatic heterocycles. The molecule has 3 heterocycles. The van der Waals surface area contributed by atoms with Gasteiger partial charge in [-0.1, -0.05) is 43.7 Å². The molecule has 0 aliphatic rings. The molecule has 5 rings (SSSR count). The number of nitrogens with one attached hydrogen (secondary N) is 1. The predicted molar refractivity (Wildman–Crippen MR) is 138 cm³/mol. The highest BCUT2D eigenvalue weighted by Gasteiger charge is 2.21.